The Morgan fingerprint density at radius 1 is 1.06 bits per heavy atom. The summed E-state index contributed by atoms with van der Waals surface area (Å²) in [5.41, 5.74) is -1.90. The van der Waals surface area contributed by atoms with Crippen molar-refractivity contribution in [1.82, 2.24) is 4.31 Å². The van der Waals surface area contributed by atoms with Crippen molar-refractivity contribution < 1.29 is 35.6 Å². The van der Waals surface area contributed by atoms with Crippen molar-refractivity contribution in [3.05, 3.63) is 57.9 Å². The molecule has 1 aliphatic heterocycles. The maximum atomic E-state index is 13.9. The minimum absolute atomic E-state index is 0.00404. The molecule has 13 heteroatoms. The Kier molecular flexibility index (Phi) is 6.09. The van der Waals surface area contributed by atoms with Gasteiger partial charge < -0.3 is 9.64 Å². The molecule has 0 aliphatic carbocycles. The van der Waals surface area contributed by atoms with E-state index in [2.05, 4.69) is 0 Å². The molecule has 1 aliphatic rings. The number of nitrogens with zero attached hydrogens (tertiary/aromatic N) is 3. The maximum absolute atomic E-state index is 13.9. The summed E-state index contributed by atoms with van der Waals surface area (Å²) in [4.78, 5) is 11.6. The van der Waals surface area contributed by atoms with Crippen molar-refractivity contribution in [2.75, 3.05) is 38.2 Å². The summed E-state index contributed by atoms with van der Waals surface area (Å²) >= 11 is 0. The number of hydrogen-bond donors (Lipinski definition) is 0. The predicted octanol–water partition coefficient (Wildman–Crippen LogP) is 3.27. The third-order valence-corrected chi connectivity index (χ3v) is 6.73. The average molecular weight is 463 g/mol. The zero-order chi connectivity index (χ0) is 23.0. The minimum atomic E-state index is -4.73. The van der Waals surface area contributed by atoms with Gasteiger partial charge in [-0.1, -0.05) is 0 Å². The summed E-state index contributed by atoms with van der Waals surface area (Å²) in [7, 11) is -2.80. The molecular formula is C18H17F4N3O5S. The van der Waals surface area contributed by atoms with Gasteiger partial charge >= 0.3 is 6.18 Å². The van der Waals surface area contributed by atoms with Crippen LogP contribution in [0.3, 0.4) is 0 Å². The lowest BCUT2D eigenvalue weighted by atomic mass is 10.1. The van der Waals surface area contributed by atoms with Crippen LogP contribution < -0.4 is 9.64 Å². The van der Waals surface area contributed by atoms with Gasteiger partial charge in [-0.2, -0.15) is 17.5 Å². The van der Waals surface area contributed by atoms with E-state index >= 15 is 0 Å². The minimum Gasteiger partial charge on any atom is -0.494 e. The van der Waals surface area contributed by atoms with E-state index in [1.54, 1.807) is 0 Å². The second-order valence-electron chi connectivity index (χ2n) is 6.65. The van der Waals surface area contributed by atoms with E-state index in [4.69, 9.17) is 4.74 Å². The van der Waals surface area contributed by atoms with E-state index in [1.165, 1.54) is 24.1 Å². The second-order valence-corrected chi connectivity index (χ2v) is 8.58. The zero-order valence-corrected chi connectivity index (χ0v) is 16.9. The number of sulfonamides is 1. The summed E-state index contributed by atoms with van der Waals surface area (Å²) in [6, 6.07) is 5.42. The summed E-state index contributed by atoms with van der Waals surface area (Å²) in [5.74, 6) is -0.957. The Bertz CT molecular complexity index is 1100. The standard InChI is InChI=1S/C18H17F4N3O5S/c1-30-17-5-3-13(11-14(17)19)31(28,29)24-8-6-23(7-9-24)15-4-2-12(18(20,21)22)10-16(15)25(26)27/h2-5,10-11H,6-9H2,1H3. The molecule has 8 nitrogen and oxygen atoms in total. The molecule has 3 rings (SSSR count). The molecule has 0 unspecified atom stereocenters. The lowest BCUT2D eigenvalue weighted by molar-refractivity contribution is -0.384. The number of piperazine rings is 1. The molecule has 0 N–H and O–H groups in total. The third-order valence-electron chi connectivity index (χ3n) is 4.84. The highest BCUT2D eigenvalue weighted by molar-refractivity contribution is 7.89. The number of ether oxygens (including phenoxy) is 1. The van der Waals surface area contributed by atoms with Gasteiger partial charge in [0.15, 0.2) is 11.6 Å². The first-order chi connectivity index (χ1) is 14.4. The van der Waals surface area contributed by atoms with Gasteiger partial charge in [-0.15, -0.1) is 0 Å². The number of halogens is 4. The van der Waals surface area contributed by atoms with Crippen molar-refractivity contribution in [2.45, 2.75) is 11.1 Å². The van der Waals surface area contributed by atoms with E-state index < -0.39 is 38.2 Å². The van der Waals surface area contributed by atoms with Gasteiger partial charge in [0.2, 0.25) is 10.0 Å². The number of nitro benzene ring substituents is 1. The molecule has 168 valence electrons. The summed E-state index contributed by atoms with van der Waals surface area (Å²) in [6.45, 7) is -0.170. The van der Waals surface area contributed by atoms with Crippen molar-refractivity contribution in [2.24, 2.45) is 0 Å². The van der Waals surface area contributed by atoms with Crippen molar-refractivity contribution in [1.29, 1.82) is 0 Å². The molecule has 0 radical (unpaired) electrons. The summed E-state index contributed by atoms with van der Waals surface area (Å²) < 4.78 is 84.0. The third kappa shape index (κ3) is 4.56. The predicted molar refractivity (Wildman–Crippen MR) is 102 cm³/mol. The quantitative estimate of drug-likeness (QED) is 0.384. The van der Waals surface area contributed by atoms with Crippen LogP contribution in [0.1, 0.15) is 5.56 Å². The van der Waals surface area contributed by atoms with Crippen molar-refractivity contribution in [3.63, 3.8) is 0 Å². The summed E-state index contributed by atoms with van der Waals surface area (Å²) in [6.07, 6.45) is -4.73. The monoisotopic (exact) mass is 463 g/mol. The highest BCUT2D eigenvalue weighted by Gasteiger charge is 2.35. The fourth-order valence-electron chi connectivity index (χ4n) is 3.24. The molecule has 1 fully saturated rings. The highest BCUT2D eigenvalue weighted by Crippen LogP contribution is 2.37. The van der Waals surface area contributed by atoms with Crippen LogP contribution in [0.25, 0.3) is 0 Å². The van der Waals surface area contributed by atoms with Crippen LogP contribution >= 0.6 is 0 Å². The number of hydrogen-bond acceptors (Lipinski definition) is 6. The van der Waals surface area contributed by atoms with Crippen LogP contribution in [0, 0.1) is 15.9 Å². The Hall–Kier alpha value is -2.93. The molecule has 0 saturated carbocycles. The van der Waals surface area contributed by atoms with Crippen molar-refractivity contribution >= 4 is 21.4 Å². The van der Waals surface area contributed by atoms with Gasteiger partial charge in [0, 0.05) is 32.2 Å². The van der Waals surface area contributed by atoms with Crippen LogP contribution in [0.5, 0.6) is 5.75 Å². The molecule has 0 spiro atoms. The first-order valence-electron chi connectivity index (χ1n) is 8.89. The fraction of sp³-hybridized carbons (Fsp3) is 0.333. The zero-order valence-electron chi connectivity index (χ0n) is 16.1. The van der Waals surface area contributed by atoms with Crippen LogP contribution in [0.2, 0.25) is 0 Å². The highest BCUT2D eigenvalue weighted by atomic mass is 32.2. The van der Waals surface area contributed by atoms with Crippen molar-refractivity contribution in [3.8, 4) is 5.75 Å². The first-order valence-corrected chi connectivity index (χ1v) is 10.3. The van der Waals surface area contributed by atoms with Crippen LogP contribution in [0.4, 0.5) is 28.9 Å². The molecule has 1 heterocycles. The van der Waals surface area contributed by atoms with E-state index in [9.17, 15) is 36.1 Å². The lowest BCUT2D eigenvalue weighted by Crippen LogP contribution is -2.48. The van der Waals surface area contributed by atoms with E-state index in [0.717, 1.165) is 22.5 Å². The fourth-order valence-corrected chi connectivity index (χ4v) is 4.67. The summed E-state index contributed by atoms with van der Waals surface area (Å²) in [5, 5.41) is 11.3. The van der Waals surface area contributed by atoms with E-state index in [1.807, 2.05) is 0 Å². The Morgan fingerprint density at radius 3 is 2.23 bits per heavy atom. The van der Waals surface area contributed by atoms with Crippen LogP contribution in [-0.2, 0) is 16.2 Å². The van der Waals surface area contributed by atoms with Crippen LogP contribution in [-0.4, -0.2) is 50.9 Å². The Morgan fingerprint density at radius 2 is 1.71 bits per heavy atom. The normalized spacial score (nSPS) is 15.7. The van der Waals surface area contributed by atoms with Gasteiger partial charge in [-0.05, 0) is 30.3 Å². The van der Waals surface area contributed by atoms with Gasteiger partial charge in [-0.3, -0.25) is 10.1 Å². The molecule has 2 aromatic carbocycles. The first kappa shape index (κ1) is 22.7. The molecule has 0 amide bonds. The SMILES string of the molecule is COc1ccc(S(=O)(=O)N2CCN(c3ccc(C(F)(F)F)cc3[N+](=O)[O-])CC2)cc1F. The average Bonchev–Trinajstić information content (AvgIpc) is 2.72. The number of anilines is 1. The lowest BCUT2D eigenvalue weighted by Gasteiger charge is -2.35. The second kappa shape index (κ2) is 8.30. The maximum Gasteiger partial charge on any atom is 0.416 e. The molecule has 31 heavy (non-hydrogen) atoms. The number of alkyl halides is 3. The van der Waals surface area contributed by atoms with E-state index in [-0.39, 0.29) is 42.5 Å². The molecular weight excluding hydrogens is 446 g/mol. The van der Waals surface area contributed by atoms with Gasteiger partial charge in [0.25, 0.3) is 5.69 Å². The van der Waals surface area contributed by atoms with Gasteiger partial charge in [-0.25, -0.2) is 12.8 Å². The molecule has 0 atom stereocenters. The Balaban J connectivity index is 1.80. The topological polar surface area (TPSA) is 93.0 Å². The number of methoxy groups -OCH3 is 1. The van der Waals surface area contributed by atoms with Crippen LogP contribution in [0.15, 0.2) is 41.3 Å². The molecule has 0 aromatic heterocycles. The number of nitro groups is 1. The molecule has 0 bridgehead atoms. The van der Waals surface area contributed by atoms with Gasteiger partial charge in [0.1, 0.15) is 5.69 Å². The molecule has 2 aromatic rings. The van der Waals surface area contributed by atoms with Gasteiger partial charge in [0.05, 0.1) is 22.5 Å². The largest absolute Gasteiger partial charge is 0.494 e. The smallest absolute Gasteiger partial charge is 0.416 e. The number of rotatable bonds is 5. The number of benzene rings is 2. The van der Waals surface area contributed by atoms with E-state index in [0.29, 0.717) is 6.07 Å². The molecule has 1 saturated heterocycles. The Labute approximate surface area is 174 Å².